The average Bonchev–Trinajstić information content (AvgIpc) is 2.53. The molecule has 1 aromatic carbocycles. The standard InChI is InChI=1S/C19H21NO5/c1-11(2)25-18(23)13-5-7-14(8-6-13)20-10-15-12(3)9-16(21)19(4,24)17(15)22/h5-11,20,24H,1-4H3/b15-10-/t19-/m1/s1. The van der Waals surface area contributed by atoms with Crippen LogP contribution in [0.1, 0.15) is 38.1 Å². The zero-order chi connectivity index (χ0) is 18.8. The molecule has 1 aromatic rings. The SMILES string of the molecule is CC1=CC(=O)[C@@](C)(O)C(=O)/C1=C\Nc1ccc(C(=O)OC(C)C)cc1. The number of benzene rings is 1. The molecule has 0 radical (unpaired) electrons. The van der Waals surface area contributed by atoms with Crippen LogP contribution in [0.15, 0.2) is 47.7 Å². The van der Waals surface area contributed by atoms with Crippen LogP contribution in [0.25, 0.3) is 0 Å². The van der Waals surface area contributed by atoms with Crippen molar-refractivity contribution in [1.82, 2.24) is 0 Å². The number of aliphatic hydroxyl groups is 1. The monoisotopic (exact) mass is 343 g/mol. The van der Waals surface area contributed by atoms with Gasteiger partial charge in [0.15, 0.2) is 11.4 Å². The molecule has 0 aliphatic heterocycles. The molecule has 0 aromatic heterocycles. The minimum Gasteiger partial charge on any atom is -0.459 e. The summed E-state index contributed by atoms with van der Waals surface area (Å²) in [5.41, 5.74) is -0.271. The largest absolute Gasteiger partial charge is 0.459 e. The molecular formula is C19H21NO5. The highest BCUT2D eigenvalue weighted by Crippen LogP contribution is 2.26. The van der Waals surface area contributed by atoms with Crippen molar-refractivity contribution in [2.45, 2.75) is 39.4 Å². The molecule has 132 valence electrons. The zero-order valence-electron chi connectivity index (χ0n) is 14.6. The molecule has 0 heterocycles. The number of hydrogen-bond acceptors (Lipinski definition) is 6. The van der Waals surface area contributed by atoms with Crippen molar-refractivity contribution in [2.24, 2.45) is 0 Å². The fourth-order valence-corrected chi connectivity index (χ4v) is 2.29. The highest BCUT2D eigenvalue weighted by molar-refractivity contribution is 6.25. The molecule has 0 amide bonds. The molecule has 0 spiro atoms. The van der Waals surface area contributed by atoms with E-state index in [2.05, 4.69) is 5.32 Å². The predicted octanol–water partition coefficient (Wildman–Crippen LogP) is 2.40. The number of Topliss-reactive ketones (excluding diaryl/α,β-unsaturated/α-hetero) is 1. The molecule has 1 atom stereocenters. The van der Waals surface area contributed by atoms with Crippen LogP contribution in [0, 0.1) is 0 Å². The van der Waals surface area contributed by atoms with Crippen LogP contribution in [-0.4, -0.2) is 34.3 Å². The second-order valence-electron chi connectivity index (χ2n) is 6.33. The van der Waals surface area contributed by atoms with Crippen molar-refractivity contribution in [1.29, 1.82) is 0 Å². The van der Waals surface area contributed by atoms with Gasteiger partial charge in [-0.05, 0) is 63.6 Å². The molecule has 0 saturated carbocycles. The third-order valence-electron chi connectivity index (χ3n) is 3.79. The van der Waals surface area contributed by atoms with Crippen LogP contribution in [0.3, 0.4) is 0 Å². The molecule has 0 saturated heterocycles. The van der Waals surface area contributed by atoms with Crippen molar-refractivity contribution in [3.05, 3.63) is 53.3 Å². The van der Waals surface area contributed by atoms with E-state index in [0.29, 0.717) is 16.8 Å². The summed E-state index contributed by atoms with van der Waals surface area (Å²) in [6.45, 7) is 6.36. The number of ether oxygens (including phenoxy) is 1. The topological polar surface area (TPSA) is 92.7 Å². The summed E-state index contributed by atoms with van der Waals surface area (Å²) < 4.78 is 5.11. The first-order chi connectivity index (χ1) is 11.6. The van der Waals surface area contributed by atoms with Gasteiger partial charge in [0.25, 0.3) is 0 Å². The summed E-state index contributed by atoms with van der Waals surface area (Å²) in [7, 11) is 0. The molecule has 2 N–H and O–H groups in total. The fraction of sp³-hybridized carbons (Fsp3) is 0.316. The van der Waals surface area contributed by atoms with Crippen molar-refractivity contribution >= 4 is 23.2 Å². The summed E-state index contributed by atoms with van der Waals surface area (Å²) in [6, 6.07) is 6.56. The van der Waals surface area contributed by atoms with Gasteiger partial charge in [-0.15, -0.1) is 0 Å². The second-order valence-corrected chi connectivity index (χ2v) is 6.33. The second kappa shape index (κ2) is 7.03. The van der Waals surface area contributed by atoms with Gasteiger partial charge in [-0.3, -0.25) is 9.59 Å². The van der Waals surface area contributed by atoms with E-state index in [4.69, 9.17) is 4.74 Å². The minimum absolute atomic E-state index is 0.197. The van der Waals surface area contributed by atoms with Crippen molar-refractivity contribution < 1.29 is 24.2 Å². The Kier molecular flexibility index (Phi) is 5.23. The highest BCUT2D eigenvalue weighted by atomic mass is 16.5. The van der Waals surface area contributed by atoms with Gasteiger partial charge in [0.1, 0.15) is 0 Å². The van der Waals surface area contributed by atoms with Crippen LogP contribution in [0.5, 0.6) is 0 Å². The number of allylic oxidation sites excluding steroid dienone is 1. The summed E-state index contributed by atoms with van der Waals surface area (Å²) in [4.78, 5) is 35.7. The van der Waals surface area contributed by atoms with E-state index in [1.807, 2.05) is 0 Å². The van der Waals surface area contributed by atoms with Crippen LogP contribution in [0.2, 0.25) is 0 Å². The number of nitrogens with one attached hydrogen (secondary N) is 1. The van der Waals surface area contributed by atoms with Crippen molar-refractivity contribution in [3.63, 3.8) is 0 Å². The van der Waals surface area contributed by atoms with E-state index in [1.165, 1.54) is 19.2 Å². The first kappa shape index (κ1) is 18.6. The minimum atomic E-state index is -2.04. The molecular weight excluding hydrogens is 322 g/mol. The Morgan fingerprint density at radius 3 is 2.40 bits per heavy atom. The van der Waals surface area contributed by atoms with Gasteiger partial charge in [0.2, 0.25) is 5.78 Å². The lowest BCUT2D eigenvalue weighted by molar-refractivity contribution is -0.144. The van der Waals surface area contributed by atoms with Gasteiger partial charge in [-0.2, -0.15) is 0 Å². The van der Waals surface area contributed by atoms with Crippen LogP contribution in [-0.2, 0) is 14.3 Å². The summed E-state index contributed by atoms with van der Waals surface area (Å²) in [5, 5.41) is 12.9. The third-order valence-corrected chi connectivity index (χ3v) is 3.79. The number of carbonyl (C=O) groups excluding carboxylic acids is 3. The van der Waals surface area contributed by atoms with E-state index in [1.54, 1.807) is 45.0 Å². The molecule has 0 bridgehead atoms. The smallest absolute Gasteiger partial charge is 0.338 e. The first-order valence-electron chi connectivity index (χ1n) is 7.91. The molecule has 6 heteroatoms. The normalized spacial score (nSPS) is 22.2. The molecule has 25 heavy (non-hydrogen) atoms. The van der Waals surface area contributed by atoms with Crippen LogP contribution in [0.4, 0.5) is 5.69 Å². The Hall–Kier alpha value is -2.73. The summed E-state index contributed by atoms with van der Waals surface area (Å²) in [5.74, 6) is -1.68. The molecule has 2 rings (SSSR count). The predicted molar refractivity (Wildman–Crippen MR) is 93.1 cm³/mol. The van der Waals surface area contributed by atoms with E-state index in [0.717, 1.165) is 0 Å². The quantitative estimate of drug-likeness (QED) is 0.495. The van der Waals surface area contributed by atoms with Crippen LogP contribution >= 0.6 is 0 Å². The Morgan fingerprint density at radius 1 is 1.24 bits per heavy atom. The number of rotatable bonds is 4. The first-order valence-corrected chi connectivity index (χ1v) is 7.91. The molecule has 0 unspecified atom stereocenters. The maximum Gasteiger partial charge on any atom is 0.338 e. The van der Waals surface area contributed by atoms with Gasteiger partial charge in [-0.1, -0.05) is 0 Å². The highest BCUT2D eigenvalue weighted by Gasteiger charge is 2.42. The Balaban J connectivity index is 2.16. The molecule has 6 nitrogen and oxygen atoms in total. The Morgan fingerprint density at radius 2 is 1.84 bits per heavy atom. The number of ketones is 2. The molecule has 1 aliphatic carbocycles. The Labute approximate surface area is 146 Å². The maximum absolute atomic E-state index is 12.3. The Bertz CT molecular complexity index is 770. The average molecular weight is 343 g/mol. The number of carbonyl (C=O) groups is 3. The lowest BCUT2D eigenvalue weighted by atomic mass is 9.82. The van der Waals surface area contributed by atoms with Gasteiger partial charge < -0.3 is 15.2 Å². The maximum atomic E-state index is 12.3. The van der Waals surface area contributed by atoms with Gasteiger partial charge in [0.05, 0.1) is 11.7 Å². The van der Waals surface area contributed by atoms with E-state index in [-0.39, 0.29) is 11.7 Å². The fourth-order valence-electron chi connectivity index (χ4n) is 2.29. The van der Waals surface area contributed by atoms with Gasteiger partial charge in [-0.25, -0.2) is 4.79 Å². The summed E-state index contributed by atoms with van der Waals surface area (Å²) in [6.07, 6.45) is 2.49. The lowest BCUT2D eigenvalue weighted by Gasteiger charge is -2.25. The number of anilines is 1. The van der Waals surface area contributed by atoms with Crippen molar-refractivity contribution in [2.75, 3.05) is 5.32 Å². The van der Waals surface area contributed by atoms with Crippen LogP contribution < -0.4 is 5.32 Å². The van der Waals surface area contributed by atoms with E-state index in [9.17, 15) is 19.5 Å². The number of hydrogen-bond donors (Lipinski definition) is 2. The van der Waals surface area contributed by atoms with Gasteiger partial charge >= 0.3 is 5.97 Å². The van der Waals surface area contributed by atoms with Gasteiger partial charge in [0, 0.05) is 17.5 Å². The lowest BCUT2D eigenvalue weighted by Crippen LogP contribution is -2.46. The molecule has 0 fully saturated rings. The summed E-state index contributed by atoms with van der Waals surface area (Å²) >= 11 is 0. The zero-order valence-corrected chi connectivity index (χ0v) is 14.6. The third kappa shape index (κ3) is 4.03. The molecule has 1 aliphatic rings. The van der Waals surface area contributed by atoms with Crippen molar-refractivity contribution in [3.8, 4) is 0 Å². The number of esters is 1. The van der Waals surface area contributed by atoms with E-state index < -0.39 is 23.1 Å². The van der Waals surface area contributed by atoms with E-state index >= 15 is 0 Å².